The SMILES string of the molecule is CC(C)(C)[Si](OC[C@@H]1OCCS1=O)(c1ccccc1)c1ccccc1. The standard InChI is InChI=1S/C20H26O3SSi/c1-20(2,3)25(17-10-6-4-7-11-17,18-12-8-5-9-13-18)23-16-19-22-14-15-24(19)21/h4-13,19H,14-16H2,1-3H3/t19-,24?/m1/s1. The zero-order valence-corrected chi connectivity index (χ0v) is 16.9. The maximum atomic E-state index is 12.1. The van der Waals surface area contributed by atoms with E-state index in [-0.39, 0.29) is 10.5 Å². The first-order chi connectivity index (χ1) is 11.9. The van der Waals surface area contributed by atoms with E-state index < -0.39 is 19.1 Å². The lowest BCUT2D eigenvalue weighted by atomic mass is 10.2. The molecule has 2 aromatic rings. The molecule has 3 rings (SSSR count). The van der Waals surface area contributed by atoms with E-state index >= 15 is 0 Å². The largest absolute Gasteiger partial charge is 0.404 e. The minimum Gasteiger partial charge on any atom is -0.404 e. The van der Waals surface area contributed by atoms with Crippen LogP contribution in [0.5, 0.6) is 0 Å². The highest BCUT2D eigenvalue weighted by Gasteiger charge is 2.50. The summed E-state index contributed by atoms with van der Waals surface area (Å²) < 4.78 is 24.5. The van der Waals surface area contributed by atoms with E-state index in [1.807, 2.05) is 12.1 Å². The molecule has 0 radical (unpaired) electrons. The number of benzene rings is 2. The van der Waals surface area contributed by atoms with Crippen LogP contribution in [0.25, 0.3) is 0 Å². The smallest absolute Gasteiger partial charge is 0.261 e. The summed E-state index contributed by atoms with van der Waals surface area (Å²) in [5.41, 5.74) is -0.318. The van der Waals surface area contributed by atoms with Crippen LogP contribution >= 0.6 is 0 Å². The third-order valence-electron chi connectivity index (χ3n) is 4.73. The predicted octanol–water partition coefficient (Wildman–Crippen LogP) is 2.67. The Hall–Kier alpha value is -1.27. The molecule has 0 amide bonds. The summed E-state index contributed by atoms with van der Waals surface area (Å²) in [6, 6.07) is 21.0. The van der Waals surface area contributed by atoms with E-state index in [4.69, 9.17) is 9.16 Å². The van der Waals surface area contributed by atoms with Gasteiger partial charge in [0.05, 0.1) is 24.0 Å². The van der Waals surface area contributed by atoms with Crippen LogP contribution in [-0.2, 0) is 20.0 Å². The fourth-order valence-electron chi connectivity index (χ4n) is 3.55. The van der Waals surface area contributed by atoms with Crippen molar-refractivity contribution in [2.45, 2.75) is 31.2 Å². The van der Waals surface area contributed by atoms with Crippen molar-refractivity contribution in [3.63, 3.8) is 0 Å². The normalized spacial score (nSPS) is 21.4. The average molecular weight is 375 g/mol. The van der Waals surface area contributed by atoms with Gasteiger partial charge >= 0.3 is 0 Å². The fourth-order valence-corrected chi connectivity index (χ4v) is 9.22. The van der Waals surface area contributed by atoms with E-state index in [2.05, 4.69) is 69.3 Å². The van der Waals surface area contributed by atoms with Gasteiger partial charge in [-0.2, -0.15) is 0 Å². The highest BCUT2D eigenvalue weighted by molar-refractivity contribution is 7.85. The van der Waals surface area contributed by atoms with Crippen LogP contribution in [0.3, 0.4) is 0 Å². The molecule has 1 aliphatic rings. The first-order valence-corrected chi connectivity index (χ1v) is 12.0. The van der Waals surface area contributed by atoms with Gasteiger partial charge in [-0.1, -0.05) is 81.4 Å². The molecule has 0 aliphatic carbocycles. The molecule has 1 aliphatic heterocycles. The van der Waals surface area contributed by atoms with Gasteiger partial charge in [-0.05, 0) is 15.4 Å². The molecule has 1 saturated heterocycles. The van der Waals surface area contributed by atoms with Gasteiger partial charge in [-0.25, -0.2) is 0 Å². The van der Waals surface area contributed by atoms with Gasteiger partial charge in [0.15, 0.2) is 5.44 Å². The second kappa shape index (κ2) is 7.54. The van der Waals surface area contributed by atoms with Crippen molar-refractivity contribution in [1.82, 2.24) is 0 Å². The van der Waals surface area contributed by atoms with Crippen molar-refractivity contribution in [2.75, 3.05) is 19.0 Å². The van der Waals surface area contributed by atoms with Gasteiger partial charge in [0.1, 0.15) is 0 Å². The first kappa shape index (κ1) is 18.5. The maximum absolute atomic E-state index is 12.1. The predicted molar refractivity (Wildman–Crippen MR) is 106 cm³/mol. The second-order valence-electron chi connectivity index (χ2n) is 7.36. The summed E-state index contributed by atoms with van der Waals surface area (Å²) in [7, 11) is -3.52. The molecule has 0 bridgehead atoms. The molecule has 1 heterocycles. The summed E-state index contributed by atoms with van der Waals surface area (Å²) in [5.74, 6) is 0.606. The van der Waals surface area contributed by atoms with E-state index in [9.17, 15) is 4.21 Å². The molecule has 5 heteroatoms. The fraction of sp³-hybridized carbons (Fsp3) is 0.400. The van der Waals surface area contributed by atoms with Crippen LogP contribution in [0, 0.1) is 0 Å². The number of ether oxygens (including phenoxy) is 1. The van der Waals surface area contributed by atoms with E-state index in [0.717, 1.165) is 0 Å². The van der Waals surface area contributed by atoms with Crippen molar-refractivity contribution >= 4 is 29.5 Å². The molecule has 0 saturated carbocycles. The average Bonchev–Trinajstić information content (AvgIpc) is 3.01. The number of hydrogen-bond donors (Lipinski definition) is 0. The Kier molecular flexibility index (Phi) is 5.58. The molecule has 3 nitrogen and oxygen atoms in total. The lowest BCUT2D eigenvalue weighted by Gasteiger charge is -2.43. The molecule has 2 aromatic carbocycles. The molecular weight excluding hydrogens is 348 g/mol. The Morgan fingerprint density at radius 2 is 1.56 bits per heavy atom. The van der Waals surface area contributed by atoms with Crippen molar-refractivity contribution in [3.8, 4) is 0 Å². The third kappa shape index (κ3) is 3.65. The summed E-state index contributed by atoms with van der Waals surface area (Å²) in [6.45, 7) is 7.66. The molecule has 25 heavy (non-hydrogen) atoms. The van der Waals surface area contributed by atoms with Gasteiger partial charge in [0.2, 0.25) is 0 Å². The van der Waals surface area contributed by atoms with Crippen LogP contribution in [0.15, 0.2) is 60.7 Å². The van der Waals surface area contributed by atoms with Gasteiger partial charge in [-0.15, -0.1) is 0 Å². The molecule has 134 valence electrons. The topological polar surface area (TPSA) is 35.5 Å². The highest BCUT2D eigenvalue weighted by Crippen LogP contribution is 2.37. The van der Waals surface area contributed by atoms with Crippen molar-refractivity contribution in [2.24, 2.45) is 0 Å². The Morgan fingerprint density at radius 1 is 1.04 bits per heavy atom. The molecule has 1 fully saturated rings. The van der Waals surface area contributed by atoms with Crippen LogP contribution in [0.4, 0.5) is 0 Å². The van der Waals surface area contributed by atoms with Crippen molar-refractivity contribution < 1.29 is 13.4 Å². The number of hydrogen-bond acceptors (Lipinski definition) is 3. The highest BCUT2D eigenvalue weighted by atomic mass is 32.2. The van der Waals surface area contributed by atoms with Gasteiger partial charge < -0.3 is 9.16 Å². The Balaban J connectivity index is 2.07. The summed E-state index contributed by atoms with van der Waals surface area (Å²) in [5, 5.41) is 2.39. The van der Waals surface area contributed by atoms with Crippen LogP contribution in [0.2, 0.25) is 5.04 Å². The third-order valence-corrected chi connectivity index (χ3v) is 11.2. The summed E-state index contributed by atoms with van der Waals surface area (Å²) in [4.78, 5) is 0. The van der Waals surface area contributed by atoms with Crippen LogP contribution < -0.4 is 10.4 Å². The lowest BCUT2D eigenvalue weighted by Crippen LogP contribution is -2.67. The molecule has 1 unspecified atom stereocenters. The van der Waals surface area contributed by atoms with Crippen LogP contribution in [-0.4, -0.2) is 36.9 Å². The maximum Gasteiger partial charge on any atom is 0.261 e. The minimum atomic E-state index is -2.56. The van der Waals surface area contributed by atoms with Crippen molar-refractivity contribution in [1.29, 1.82) is 0 Å². The Labute approximate surface area is 154 Å². The molecule has 0 spiro atoms. The first-order valence-electron chi connectivity index (χ1n) is 8.69. The summed E-state index contributed by atoms with van der Waals surface area (Å²) >= 11 is 0. The second-order valence-corrected chi connectivity index (χ2v) is 13.4. The van der Waals surface area contributed by atoms with Crippen LogP contribution in [0.1, 0.15) is 20.8 Å². The number of rotatable bonds is 5. The van der Waals surface area contributed by atoms with E-state index in [0.29, 0.717) is 19.0 Å². The monoisotopic (exact) mass is 374 g/mol. The quantitative estimate of drug-likeness (QED) is 0.755. The summed E-state index contributed by atoms with van der Waals surface area (Å²) in [6.07, 6.45) is 0. The zero-order valence-electron chi connectivity index (χ0n) is 15.1. The Morgan fingerprint density at radius 3 is 1.96 bits per heavy atom. The molecule has 0 aromatic heterocycles. The zero-order chi connectivity index (χ0) is 17.9. The molecule has 0 N–H and O–H groups in total. The minimum absolute atomic E-state index is 0.0736. The van der Waals surface area contributed by atoms with E-state index in [1.165, 1.54) is 10.4 Å². The van der Waals surface area contributed by atoms with E-state index in [1.54, 1.807) is 0 Å². The van der Waals surface area contributed by atoms with Gasteiger partial charge in [0.25, 0.3) is 8.32 Å². The molecular formula is C20H26O3SSi. The van der Waals surface area contributed by atoms with Gasteiger partial charge in [0, 0.05) is 5.75 Å². The Bertz CT molecular complexity index is 673. The van der Waals surface area contributed by atoms with Crippen molar-refractivity contribution in [3.05, 3.63) is 60.7 Å². The lowest BCUT2D eigenvalue weighted by molar-refractivity contribution is 0.0952. The molecule has 2 atom stereocenters. The van der Waals surface area contributed by atoms with Gasteiger partial charge in [-0.3, -0.25) is 4.21 Å².